The summed E-state index contributed by atoms with van der Waals surface area (Å²) in [7, 11) is 3.14. The molecule has 1 aromatic heterocycles. The van der Waals surface area contributed by atoms with Gasteiger partial charge in [0.2, 0.25) is 5.91 Å². The molecule has 0 bridgehead atoms. The van der Waals surface area contributed by atoms with Gasteiger partial charge in [0.15, 0.2) is 5.58 Å². The van der Waals surface area contributed by atoms with E-state index in [9.17, 15) is 19.7 Å². The molecule has 10 nitrogen and oxygen atoms in total. The molecule has 0 unspecified atom stereocenters. The van der Waals surface area contributed by atoms with Crippen molar-refractivity contribution in [1.82, 2.24) is 9.47 Å². The van der Waals surface area contributed by atoms with Gasteiger partial charge in [0.25, 0.3) is 5.69 Å². The second kappa shape index (κ2) is 9.83. The number of carbonyl (C=O) groups is 1. The van der Waals surface area contributed by atoms with E-state index in [-0.39, 0.29) is 30.1 Å². The summed E-state index contributed by atoms with van der Waals surface area (Å²) in [6.07, 6.45) is 0.681. The van der Waals surface area contributed by atoms with Gasteiger partial charge in [-0.25, -0.2) is 4.79 Å². The lowest BCUT2D eigenvalue weighted by Crippen LogP contribution is -2.36. The number of nitrogens with zero attached hydrogens (tertiary/aromatic N) is 3. The molecule has 0 saturated carbocycles. The molecule has 27 heavy (non-hydrogen) atoms. The summed E-state index contributed by atoms with van der Waals surface area (Å²) in [4.78, 5) is 36.3. The van der Waals surface area contributed by atoms with Gasteiger partial charge in [-0.2, -0.15) is 0 Å². The zero-order valence-electron chi connectivity index (χ0n) is 15.4. The summed E-state index contributed by atoms with van der Waals surface area (Å²) in [5.41, 5.74) is 0.474. The maximum absolute atomic E-state index is 12.4. The smallest absolute Gasteiger partial charge is 0.407 e. The highest BCUT2D eigenvalue weighted by Gasteiger charge is 2.16. The van der Waals surface area contributed by atoms with Gasteiger partial charge >= 0.3 is 5.76 Å². The van der Waals surface area contributed by atoms with Crippen molar-refractivity contribution in [3.8, 4) is 0 Å². The van der Waals surface area contributed by atoms with Crippen LogP contribution in [0.3, 0.4) is 0 Å². The Kier molecular flexibility index (Phi) is 7.50. The van der Waals surface area contributed by atoms with Crippen LogP contribution in [-0.4, -0.2) is 60.8 Å². The quantitative estimate of drug-likeness (QED) is 0.426. The predicted octanol–water partition coefficient (Wildman–Crippen LogP) is 1.40. The van der Waals surface area contributed by atoms with Crippen LogP contribution in [0.25, 0.3) is 11.1 Å². The molecule has 1 heterocycles. The lowest BCUT2D eigenvalue weighted by Gasteiger charge is -2.22. The van der Waals surface area contributed by atoms with Gasteiger partial charge in [0, 0.05) is 46.3 Å². The van der Waals surface area contributed by atoms with Gasteiger partial charge in [-0.3, -0.25) is 19.5 Å². The monoisotopic (exact) mass is 381 g/mol. The van der Waals surface area contributed by atoms with E-state index in [2.05, 4.69) is 0 Å². The summed E-state index contributed by atoms with van der Waals surface area (Å²) in [6, 6.07) is 4.01. The van der Waals surface area contributed by atoms with Crippen LogP contribution in [0.4, 0.5) is 5.69 Å². The summed E-state index contributed by atoms with van der Waals surface area (Å²) >= 11 is 0. The third kappa shape index (κ3) is 5.38. The molecule has 0 N–H and O–H groups in total. The van der Waals surface area contributed by atoms with Gasteiger partial charge in [-0.15, -0.1) is 0 Å². The van der Waals surface area contributed by atoms with E-state index in [1.807, 2.05) is 0 Å². The highest BCUT2D eigenvalue weighted by atomic mass is 16.6. The molecular formula is C17H23N3O7. The second-order valence-corrected chi connectivity index (χ2v) is 5.90. The van der Waals surface area contributed by atoms with E-state index < -0.39 is 10.7 Å². The van der Waals surface area contributed by atoms with Gasteiger partial charge < -0.3 is 18.8 Å². The number of amides is 1. The fraction of sp³-hybridized carbons (Fsp3) is 0.529. The van der Waals surface area contributed by atoms with Crippen molar-refractivity contribution in [2.75, 3.05) is 40.5 Å². The van der Waals surface area contributed by atoms with Crippen molar-refractivity contribution >= 4 is 22.7 Å². The summed E-state index contributed by atoms with van der Waals surface area (Å²) in [5, 5.41) is 10.8. The summed E-state index contributed by atoms with van der Waals surface area (Å²) < 4.78 is 16.5. The first-order chi connectivity index (χ1) is 13.0. The number of benzene rings is 1. The van der Waals surface area contributed by atoms with Crippen molar-refractivity contribution in [1.29, 1.82) is 0 Å². The Morgan fingerprint density at radius 2 is 1.93 bits per heavy atom. The summed E-state index contributed by atoms with van der Waals surface area (Å²) in [5.74, 6) is -0.658. The number of rotatable bonds is 11. The van der Waals surface area contributed by atoms with Gasteiger partial charge in [-0.05, 0) is 12.5 Å². The molecular weight excluding hydrogens is 358 g/mol. The van der Waals surface area contributed by atoms with Crippen LogP contribution in [0, 0.1) is 10.1 Å². The minimum atomic E-state index is -0.603. The molecule has 1 amide bonds. The SMILES string of the molecule is COCCN(CCOC)C(=O)CCCn1c(=O)oc2cc([N+](=O)[O-])ccc21. The number of aryl methyl sites for hydroxylation is 1. The van der Waals surface area contributed by atoms with E-state index in [0.29, 0.717) is 38.2 Å². The molecule has 0 atom stereocenters. The Balaban J connectivity index is 2.01. The Bertz CT molecular complexity index is 835. The zero-order chi connectivity index (χ0) is 19.8. The number of oxazole rings is 1. The molecule has 10 heteroatoms. The molecule has 1 aromatic carbocycles. The van der Waals surface area contributed by atoms with Crippen molar-refractivity contribution in [2.45, 2.75) is 19.4 Å². The number of carbonyl (C=O) groups excluding carboxylic acids is 1. The molecule has 0 aliphatic rings. The molecule has 148 valence electrons. The first-order valence-corrected chi connectivity index (χ1v) is 8.51. The standard InChI is InChI=1S/C17H23N3O7/c1-25-10-8-18(9-11-26-2)16(21)4-3-7-19-14-6-5-13(20(23)24)12-15(14)27-17(19)22/h5-6,12H,3-4,7-11H2,1-2H3. The molecule has 2 rings (SSSR count). The number of methoxy groups -OCH3 is 2. The third-order valence-corrected chi connectivity index (χ3v) is 4.12. The van der Waals surface area contributed by atoms with Gasteiger partial charge in [0.1, 0.15) is 0 Å². The van der Waals surface area contributed by atoms with Gasteiger partial charge in [0.05, 0.1) is 29.7 Å². The van der Waals surface area contributed by atoms with Crippen molar-refractivity contribution in [3.05, 3.63) is 38.9 Å². The number of ether oxygens (including phenoxy) is 2. The lowest BCUT2D eigenvalue weighted by atomic mass is 10.2. The molecule has 0 aliphatic heterocycles. The lowest BCUT2D eigenvalue weighted by molar-refractivity contribution is -0.384. The van der Waals surface area contributed by atoms with Crippen LogP contribution < -0.4 is 5.76 Å². The third-order valence-electron chi connectivity index (χ3n) is 4.12. The fourth-order valence-corrected chi connectivity index (χ4v) is 2.69. The number of aromatic nitrogens is 1. The maximum atomic E-state index is 12.4. The first kappa shape index (κ1) is 20.6. The molecule has 2 aromatic rings. The first-order valence-electron chi connectivity index (χ1n) is 8.51. The number of nitro groups is 1. The molecule has 0 radical (unpaired) electrons. The number of fused-ring (bicyclic) bond motifs is 1. The van der Waals surface area contributed by atoms with Crippen LogP contribution >= 0.6 is 0 Å². The Morgan fingerprint density at radius 1 is 1.26 bits per heavy atom. The number of non-ortho nitro benzene ring substituents is 1. The molecule has 0 fully saturated rings. The fourth-order valence-electron chi connectivity index (χ4n) is 2.69. The topological polar surface area (TPSA) is 117 Å². The van der Waals surface area contributed by atoms with E-state index in [0.717, 1.165) is 0 Å². The van der Waals surface area contributed by atoms with Crippen LogP contribution in [0.5, 0.6) is 0 Å². The number of hydrogen-bond acceptors (Lipinski definition) is 7. The molecule has 0 saturated heterocycles. The molecule has 0 spiro atoms. The minimum absolute atomic E-state index is 0.0550. The van der Waals surface area contributed by atoms with Crippen LogP contribution in [0.15, 0.2) is 27.4 Å². The largest absolute Gasteiger partial charge is 0.419 e. The Morgan fingerprint density at radius 3 is 2.52 bits per heavy atom. The van der Waals surface area contributed by atoms with E-state index >= 15 is 0 Å². The second-order valence-electron chi connectivity index (χ2n) is 5.90. The van der Waals surface area contributed by atoms with Crippen molar-refractivity contribution < 1.29 is 23.6 Å². The Labute approximate surface area is 155 Å². The minimum Gasteiger partial charge on any atom is -0.407 e. The number of hydrogen-bond donors (Lipinski definition) is 0. The van der Waals surface area contributed by atoms with E-state index in [1.165, 1.54) is 22.8 Å². The van der Waals surface area contributed by atoms with Crippen LogP contribution in [0.1, 0.15) is 12.8 Å². The average Bonchev–Trinajstić information content (AvgIpc) is 2.96. The summed E-state index contributed by atoms with van der Waals surface area (Å²) in [6.45, 7) is 2.08. The highest BCUT2D eigenvalue weighted by Crippen LogP contribution is 2.20. The van der Waals surface area contributed by atoms with Crippen LogP contribution in [0.2, 0.25) is 0 Å². The molecule has 0 aliphatic carbocycles. The highest BCUT2D eigenvalue weighted by molar-refractivity contribution is 5.77. The predicted molar refractivity (Wildman–Crippen MR) is 96.7 cm³/mol. The van der Waals surface area contributed by atoms with Crippen molar-refractivity contribution in [3.63, 3.8) is 0 Å². The zero-order valence-corrected chi connectivity index (χ0v) is 15.4. The Hall–Kier alpha value is -2.72. The van der Waals surface area contributed by atoms with Crippen molar-refractivity contribution in [2.24, 2.45) is 0 Å². The number of nitro benzene ring substituents is 1. The van der Waals surface area contributed by atoms with E-state index in [4.69, 9.17) is 13.9 Å². The van der Waals surface area contributed by atoms with E-state index in [1.54, 1.807) is 19.1 Å². The average molecular weight is 381 g/mol. The van der Waals surface area contributed by atoms with Gasteiger partial charge in [-0.1, -0.05) is 0 Å². The van der Waals surface area contributed by atoms with Crippen LogP contribution in [-0.2, 0) is 20.8 Å². The normalized spacial score (nSPS) is 11.0. The maximum Gasteiger partial charge on any atom is 0.419 e.